The Labute approximate surface area is 132 Å². The second kappa shape index (κ2) is 5.11. The van der Waals surface area contributed by atoms with E-state index < -0.39 is 11.7 Å². The highest BCUT2D eigenvalue weighted by Crippen LogP contribution is 2.52. The second-order valence-electron chi connectivity index (χ2n) is 6.02. The van der Waals surface area contributed by atoms with Crippen LogP contribution in [0, 0.1) is 5.92 Å². The van der Waals surface area contributed by atoms with Gasteiger partial charge in [0.25, 0.3) is 0 Å². The lowest BCUT2D eigenvalue weighted by Crippen LogP contribution is -2.30. The van der Waals surface area contributed by atoms with Crippen molar-refractivity contribution >= 4 is 5.69 Å². The second-order valence-corrected chi connectivity index (χ2v) is 6.02. The summed E-state index contributed by atoms with van der Waals surface area (Å²) < 4.78 is 40.1. The van der Waals surface area contributed by atoms with E-state index in [1.54, 1.807) is 18.5 Å². The molecule has 2 aromatic rings. The lowest BCUT2D eigenvalue weighted by molar-refractivity contribution is -0.137. The maximum absolute atomic E-state index is 13.4. The topological polar surface area (TPSA) is 24.9 Å². The van der Waals surface area contributed by atoms with Gasteiger partial charge in [0.1, 0.15) is 0 Å². The summed E-state index contributed by atoms with van der Waals surface area (Å²) in [4.78, 5) is 4.00. The smallest absolute Gasteiger partial charge is 0.377 e. The first-order valence-corrected chi connectivity index (χ1v) is 7.59. The average Bonchev–Trinajstić information content (AvgIpc) is 3.03. The van der Waals surface area contributed by atoms with Gasteiger partial charge in [-0.2, -0.15) is 13.2 Å². The van der Waals surface area contributed by atoms with E-state index in [4.69, 9.17) is 0 Å². The molecule has 2 heterocycles. The summed E-state index contributed by atoms with van der Waals surface area (Å²) in [5, 5.41) is 3.17. The third kappa shape index (κ3) is 2.31. The van der Waals surface area contributed by atoms with E-state index in [9.17, 15) is 13.2 Å². The van der Waals surface area contributed by atoms with E-state index in [-0.39, 0.29) is 23.6 Å². The van der Waals surface area contributed by atoms with Gasteiger partial charge in [-0.25, -0.2) is 0 Å². The summed E-state index contributed by atoms with van der Waals surface area (Å²) >= 11 is 0. The zero-order valence-electron chi connectivity index (χ0n) is 12.2. The van der Waals surface area contributed by atoms with Crippen LogP contribution in [0.15, 0.2) is 54.9 Å². The molecular formula is C18H15F3N2. The molecule has 2 nitrogen and oxygen atoms in total. The van der Waals surface area contributed by atoms with Crippen molar-refractivity contribution in [2.75, 3.05) is 5.32 Å². The minimum Gasteiger partial charge on any atom is -0.377 e. The molecule has 0 bridgehead atoms. The largest absolute Gasteiger partial charge is 0.418 e. The molecule has 0 unspecified atom stereocenters. The summed E-state index contributed by atoms with van der Waals surface area (Å²) in [6.07, 6.45) is 3.97. The van der Waals surface area contributed by atoms with Crippen LogP contribution in [-0.4, -0.2) is 4.98 Å². The Morgan fingerprint density at radius 1 is 1.09 bits per heavy atom. The fourth-order valence-electron chi connectivity index (χ4n) is 3.76. The quantitative estimate of drug-likeness (QED) is 0.755. The Bertz CT molecular complexity index is 753. The zero-order chi connectivity index (χ0) is 16.0. The molecular weight excluding hydrogens is 301 g/mol. The molecule has 0 saturated carbocycles. The predicted molar refractivity (Wildman–Crippen MR) is 82.0 cm³/mol. The Balaban J connectivity index is 1.86. The summed E-state index contributed by atoms with van der Waals surface area (Å²) in [7, 11) is 0. The van der Waals surface area contributed by atoms with Crippen molar-refractivity contribution in [2.24, 2.45) is 5.92 Å². The van der Waals surface area contributed by atoms with Crippen LogP contribution in [0.5, 0.6) is 0 Å². The van der Waals surface area contributed by atoms with Crippen LogP contribution in [0.1, 0.15) is 35.1 Å². The van der Waals surface area contributed by atoms with Crippen molar-refractivity contribution in [2.45, 2.75) is 24.6 Å². The number of pyridine rings is 1. The van der Waals surface area contributed by atoms with Crippen LogP contribution in [-0.2, 0) is 6.18 Å². The summed E-state index contributed by atoms with van der Waals surface area (Å²) in [6, 6.07) is 8.04. The van der Waals surface area contributed by atoms with Crippen molar-refractivity contribution in [3.8, 4) is 0 Å². The molecule has 0 spiro atoms. The molecule has 0 amide bonds. The molecule has 1 aliphatic carbocycles. The van der Waals surface area contributed by atoms with E-state index >= 15 is 0 Å². The van der Waals surface area contributed by atoms with Crippen molar-refractivity contribution < 1.29 is 13.2 Å². The van der Waals surface area contributed by atoms with Gasteiger partial charge in [0.05, 0.1) is 17.3 Å². The molecule has 1 aromatic carbocycles. The molecule has 1 N–H and O–H groups in total. The van der Waals surface area contributed by atoms with Gasteiger partial charge < -0.3 is 5.32 Å². The minimum atomic E-state index is -4.36. The molecule has 3 atom stereocenters. The number of hydrogen-bond acceptors (Lipinski definition) is 2. The van der Waals surface area contributed by atoms with Gasteiger partial charge in [0, 0.05) is 18.3 Å². The van der Waals surface area contributed by atoms with E-state index in [1.807, 2.05) is 18.2 Å². The Hall–Kier alpha value is -2.30. The standard InChI is InChI=1S/C18H15F3N2/c19-18(20,21)15-6-2-5-14-12-3-1-4-13(12)16(23-17(14)15)11-7-9-22-10-8-11/h1-3,5-10,12-13,16,23H,4H2/t12-,13-,16-/m1/s1. The van der Waals surface area contributed by atoms with E-state index in [2.05, 4.69) is 16.4 Å². The first kappa shape index (κ1) is 14.3. The van der Waals surface area contributed by atoms with Gasteiger partial charge in [-0.05, 0) is 41.7 Å². The van der Waals surface area contributed by atoms with Gasteiger partial charge in [-0.15, -0.1) is 0 Å². The summed E-state index contributed by atoms with van der Waals surface area (Å²) in [6.45, 7) is 0. The van der Waals surface area contributed by atoms with Crippen LogP contribution in [0.25, 0.3) is 0 Å². The zero-order valence-corrected chi connectivity index (χ0v) is 12.2. The SMILES string of the molecule is FC(F)(F)c1cccc2c1N[C@H](c1ccncc1)[C@@H]1CC=C[C@@H]21. The highest BCUT2D eigenvalue weighted by Gasteiger charge is 2.42. The lowest BCUT2D eigenvalue weighted by Gasteiger charge is -2.38. The lowest BCUT2D eigenvalue weighted by atomic mass is 9.76. The average molecular weight is 316 g/mol. The molecule has 0 radical (unpaired) electrons. The van der Waals surface area contributed by atoms with E-state index in [0.717, 1.165) is 23.6 Å². The van der Waals surface area contributed by atoms with E-state index in [0.29, 0.717) is 0 Å². The van der Waals surface area contributed by atoms with Crippen molar-refractivity contribution in [3.05, 3.63) is 71.6 Å². The van der Waals surface area contributed by atoms with Crippen LogP contribution in [0.3, 0.4) is 0 Å². The molecule has 1 aromatic heterocycles. The number of alkyl halides is 3. The van der Waals surface area contributed by atoms with Crippen LogP contribution >= 0.6 is 0 Å². The monoisotopic (exact) mass is 316 g/mol. The third-order valence-electron chi connectivity index (χ3n) is 4.77. The van der Waals surface area contributed by atoms with Crippen LogP contribution < -0.4 is 5.32 Å². The Morgan fingerprint density at radius 3 is 2.61 bits per heavy atom. The molecule has 0 fully saturated rings. The normalized spacial score (nSPS) is 25.6. The van der Waals surface area contributed by atoms with Gasteiger partial charge in [-0.1, -0.05) is 24.3 Å². The van der Waals surface area contributed by atoms with Gasteiger partial charge in [-0.3, -0.25) is 4.98 Å². The van der Waals surface area contributed by atoms with Crippen LogP contribution in [0.4, 0.5) is 18.9 Å². The maximum Gasteiger partial charge on any atom is 0.418 e. The maximum atomic E-state index is 13.4. The molecule has 0 saturated heterocycles. The fraction of sp³-hybridized carbons (Fsp3) is 0.278. The first-order chi connectivity index (χ1) is 11.1. The number of fused-ring (bicyclic) bond motifs is 3. The van der Waals surface area contributed by atoms with E-state index in [1.165, 1.54) is 6.07 Å². The predicted octanol–water partition coefficient (Wildman–Crippen LogP) is 4.93. The molecule has 5 heteroatoms. The third-order valence-corrected chi connectivity index (χ3v) is 4.77. The molecule has 118 valence electrons. The number of nitrogens with zero attached hydrogens (tertiary/aromatic N) is 1. The number of nitrogens with one attached hydrogen (secondary N) is 1. The summed E-state index contributed by atoms with van der Waals surface area (Å²) in [5.41, 5.74) is 1.34. The minimum absolute atomic E-state index is 0.0201. The number of hydrogen-bond donors (Lipinski definition) is 1. The Morgan fingerprint density at radius 2 is 1.87 bits per heavy atom. The summed E-state index contributed by atoms with van der Waals surface area (Å²) in [5.74, 6) is 0.250. The molecule has 4 rings (SSSR count). The number of halogens is 3. The fourth-order valence-corrected chi connectivity index (χ4v) is 3.76. The molecule has 23 heavy (non-hydrogen) atoms. The molecule has 2 aliphatic rings. The number of anilines is 1. The first-order valence-electron chi connectivity index (χ1n) is 7.59. The van der Waals surface area contributed by atoms with Crippen molar-refractivity contribution in [1.82, 2.24) is 4.98 Å². The number of benzene rings is 1. The number of para-hydroxylation sites is 1. The van der Waals surface area contributed by atoms with Gasteiger partial charge >= 0.3 is 6.18 Å². The molecule has 1 aliphatic heterocycles. The van der Waals surface area contributed by atoms with Gasteiger partial charge in [0.15, 0.2) is 0 Å². The number of rotatable bonds is 1. The number of aromatic nitrogens is 1. The van der Waals surface area contributed by atoms with Crippen LogP contribution in [0.2, 0.25) is 0 Å². The Kier molecular flexibility index (Phi) is 3.18. The highest BCUT2D eigenvalue weighted by atomic mass is 19.4. The van der Waals surface area contributed by atoms with Crippen molar-refractivity contribution in [1.29, 1.82) is 0 Å². The number of allylic oxidation sites excluding steroid dienone is 2. The van der Waals surface area contributed by atoms with Gasteiger partial charge in [0.2, 0.25) is 0 Å². The highest BCUT2D eigenvalue weighted by molar-refractivity contribution is 5.65. The van der Waals surface area contributed by atoms with Crippen molar-refractivity contribution in [3.63, 3.8) is 0 Å².